The third-order valence-electron chi connectivity index (χ3n) is 3.97. The quantitative estimate of drug-likeness (QED) is 0.323. The highest BCUT2D eigenvalue weighted by atomic mass is 32.2. The molecule has 0 amide bonds. The number of rotatable bonds is 8. The molecule has 1 aliphatic rings. The number of hydrogen-bond donors (Lipinski definition) is 3. The van der Waals surface area contributed by atoms with E-state index in [1.54, 1.807) is 14.0 Å². The van der Waals surface area contributed by atoms with E-state index in [1.165, 1.54) is 0 Å². The monoisotopic (exact) mass is 366 g/mol. The normalized spacial score (nSPS) is 24.2. The molecule has 136 valence electrons. The predicted octanol–water partition coefficient (Wildman–Crippen LogP) is 0.171. The van der Waals surface area contributed by atoms with Gasteiger partial charge in [-0.1, -0.05) is 13.3 Å². The van der Waals surface area contributed by atoms with Crippen LogP contribution < -0.4 is 15.4 Å². The van der Waals surface area contributed by atoms with Crippen LogP contribution in [-0.4, -0.2) is 61.5 Å². The molecule has 3 unspecified atom stereocenters. The lowest BCUT2D eigenvalue weighted by Crippen LogP contribution is -2.48. The number of sulfonamides is 1. The lowest BCUT2D eigenvalue weighted by atomic mass is 9.95. The van der Waals surface area contributed by atoms with Crippen molar-refractivity contribution in [1.82, 2.24) is 15.4 Å². The second-order valence-electron chi connectivity index (χ2n) is 5.60. The molecule has 1 fully saturated rings. The minimum atomic E-state index is -3.16. The number of guanidine groups is 1. The molecule has 1 aliphatic carbocycles. The van der Waals surface area contributed by atoms with Crippen molar-refractivity contribution >= 4 is 26.8 Å². The first-order valence-corrected chi connectivity index (χ1v) is 11.3. The summed E-state index contributed by atoms with van der Waals surface area (Å²) in [5.74, 6) is 1.45. The minimum absolute atomic E-state index is 0.0814. The van der Waals surface area contributed by atoms with Gasteiger partial charge in [0.1, 0.15) is 0 Å². The summed E-state index contributed by atoms with van der Waals surface area (Å²) < 4.78 is 37.2. The number of nitrogens with one attached hydrogen (secondary N) is 3. The van der Waals surface area contributed by atoms with Crippen LogP contribution >= 0.6 is 0 Å². The molecule has 0 bridgehead atoms. The summed E-state index contributed by atoms with van der Waals surface area (Å²) in [5, 5.41) is 6.73. The van der Waals surface area contributed by atoms with E-state index in [9.17, 15) is 12.6 Å². The Labute approximate surface area is 142 Å². The van der Waals surface area contributed by atoms with E-state index in [4.69, 9.17) is 0 Å². The summed E-state index contributed by atoms with van der Waals surface area (Å²) in [6, 6.07) is 0.266. The van der Waals surface area contributed by atoms with Gasteiger partial charge in [-0.25, -0.2) is 13.1 Å². The zero-order valence-corrected chi connectivity index (χ0v) is 15.9. The Morgan fingerprint density at radius 1 is 1.26 bits per heavy atom. The van der Waals surface area contributed by atoms with E-state index in [0.29, 0.717) is 24.8 Å². The Hall–Kier alpha value is -0.670. The number of nitrogens with zero attached hydrogens (tertiary/aromatic N) is 1. The number of hydrogen-bond acceptors (Lipinski definition) is 4. The summed E-state index contributed by atoms with van der Waals surface area (Å²) in [5.41, 5.74) is 0. The van der Waals surface area contributed by atoms with Crippen molar-refractivity contribution in [2.45, 2.75) is 50.8 Å². The van der Waals surface area contributed by atoms with Crippen molar-refractivity contribution in [3.05, 3.63) is 0 Å². The van der Waals surface area contributed by atoms with Crippen LogP contribution in [0, 0.1) is 0 Å². The fourth-order valence-electron chi connectivity index (χ4n) is 2.63. The van der Waals surface area contributed by atoms with Gasteiger partial charge < -0.3 is 10.6 Å². The fourth-order valence-corrected chi connectivity index (χ4v) is 4.59. The van der Waals surface area contributed by atoms with Crippen molar-refractivity contribution in [3.8, 4) is 0 Å². The highest BCUT2D eigenvalue weighted by molar-refractivity contribution is 7.89. The highest BCUT2D eigenvalue weighted by Gasteiger charge is 2.25. The van der Waals surface area contributed by atoms with E-state index >= 15 is 0 Å². The Kier molecular flexibility index (Phi) is 9.08. The van der Waals surface area contributed by atoms with Crippen molar-refractivity contribution in [1.29, 1.82) is 0 Å². The zero-order chi connectivity index (χ0) is 17.3. The minimum Gasteiger partial charge on any atom is -0.355 e. The first-order valence-electron chi connectivity index (χ1n) is 8.23. The first kappa shape index (κ1) is 20.4. The number of aliphatic imine (C=N–C) groups is 1. The highest BCUT2D eigenvalue weighted by Crippen LogP contribution is 2.22. The van der Waals surface area contributed by atoms with E-state index in [1.807, 2.05) is 6.92 Å². The molecule has 0 spiro atoms. The molecule has 0 aliphatic heterocycles. The summed E-state index contributed by atoms with van der Waals surface area (Å²) >= 11 is 0. The van der Waals surface area contributed by atoms with Gasteiger partial charge in [-0.15, -0.1) is 0 Å². The van der Waals surface area contributed by atoms with Gasteiger partial charge >= 0.3 is 0 Å². The van der Waals surface area contributed by atoms with Gasteiger partial charge in [0.15, 0.2) is 5.96 Å². The average Bonchev–Trinajstić information content (AvgIpc) is 2.57. The molecule has 1 rings (SSSR count). The van der Waals surface area contributed by atoms with Crippen molar-refractivity contribution in [3.63, 3.8) is 0 Å². The first-order chi connectivity index (χ1) is 10.9. The Morgan fingerprint density at radius 2 is 2.00 bits per heavy atom. The van der Waals surface area contributed by atoms with E-state index < -0.39 is 20.8 Å². The molecule has 3 N–H and O–H groups in total. The molecule has 0 saturated heterocycles. The third-order valence-corrected chi connectivity index (χ3v) is 7.11. The predicted molar refractivity (Wildman–Crippen MR) is 96.7 cm³/mol. The van der Waals surface area contributed by atoms with E-state index in [-0.39, 0.29) is 17.0 Å². The summed E-state index contributed by atoms with van der Waals surface area (Å²) in [6.07, 6.45) is 4.04. The maximum atomic E-state index is 12.0. The Bertz CT molecular complexity index is 508. The van der Waals surface area contributed by atoms with Gasteiger partial charge in [0.25, 0.3) is 0 Å². The lowest BCUT2D eigenvalue weighted by molar-refractivity contribution is 0.413. The van der Waals surface area contributed by atoms with Crippen LogP contribution in [0.25, 0.3) is 0 Å². The molecule has 0 heterocycles. The molecule has 1 saturated carbocycles. The molecule has 0 aromatic heterocycles. The molecule has 7 nitrogen and oxygen atoms in total. The maximum absolute atomic E-state index is 12.0. The van der Waals surface area contributed by atoms with Crippen LogP contribution in [0.4, 0.5) is 0 Å². The largest absolute Gasteiger partial charge is 0.355 e. The van der Waals surface area contributed by atoms with Gasteiger partial charge in [-0.05, 0) is 26.2 Å². The van der Waals surface area contributed by atoms with Gasteiger partial charge in [-0.3, -0.25) is 9.20 Å². The zero-order valence-electron chi connectivity index (χ0n) is 14.3. The Balaban J connectivity index is 2.37. The smallest absolute Gasteiger partial charge is 0.211 e. The van der Waals surface area contributed by atoms with Crippen LogP contribution in [0.3, 0.4) is 0 Å². The topological polar surface area (TPSA) is 99.7 Å². The second kappa shape index (κ2) is 10.2. The van der Waals surface area contributed by atoms with Crippen molar-refractivity contribution in [2.75, 3.05) is 31.6 Å². The van der Waals surface area contributed by atoms with E-state index in [0.717, 1.165) is 25.7 Å². The molecule has 0 aromatic rings. The van der Waals surface area contributed by atoms with Crippen LogP contribution in [0.2, 0.25) is 0 Å². The second-order valence-corrected chi connectivity index (χ2v) is 9.70. The fraction of sp³-hybridized carbons (Fsp3) is 0.929. The summed E-state index contributed by atoms with van der Waals surface area (Å²) in [6.45, 7) is 4.36. The summed E-state index contributed by atoms with van der Waals surface area (Å²) in [4.78, 5) is 4.17. The van der Waals surface area contributed by atoms with E-state index in [2.05, 4.69) is 20.3 Å². The van der Waals surface area contributed by atoms with Gasteiger partial charge in [0, 0.05) is 48.0 Å². The van der Waals surface area contributed by atoms with Crippen LogP contribution in [-0.2, 0) is 20.8 Å². The van der Waals surface area contributed by atoms with Gasteiger partial charge in [-0.2, -0.15) is 0 Å². The standard InChI is InChI=1S/C14H30N4O3S2/c1-4-22(19)13-8-6-7-12(11-13)18-14(15-3)16-9-10-17-23(20,21)5-2/h12-13,17H,4-11H2,1-3H3,(H2,15,16,18). The van der Waals surface area contributed by atoms with Crippen LogP contribution in [0.15, 0.2) is 4.99 Å². The molecule has 0 radical (unpaired) electrons. The molecule has 9 heteroatoms. The van der Waals surface area contributed by atoms with Crippen LogP contribution in [0.5, 0.6) is 0 Å². The molecule has 23 heavy (non-hydrogen) atoms. The molecular formula is C14H30N4O3S2. The third kappa shape index (κ3) is 7.63. The van der Waals surface area contributed by atoms with Gasteiger partial charge in [0.2, 0.25) is 10.0 Å². The molecular weight excluding hydrogens is 336 g/mol. The molecule has 3 atom stereocenters. The van der Waals surface area contributed by atoms with Gasteiger partial charge in [0.05, 0.1) is 5.75 Å². The Morgan fingerprint density at radius 3 is 2.61 bits per heavy atom. The lowest BCUT2D eigenvalue weighted by Gasteiger charge is -2.30. The SMILES string of the molecule is CCS(=O)C1CCCC(NC(=NC)NCCNS(=O)(=O)CC)C1. The van der Waals surface area contributed by atoms with Crippen molar-refractivity contribution in [2.24, 2.45) is 4.99 Å². The average molecular weight is 367 g/mol. The maximum Gasteiger partial charge on any atom is 0.211 e. The van der Waals surface area contributed by atoms with Crippen molar-refractivity contribution < 1.29 is 12.6 Å². The molecule has 0 aromatic carbocycles. The summed E-state index contributed by atoms with van der Waals surface area (Å²) in [7, 11) is -2.21. The van der Waals surface area contributed by atoms with Crippen LogP contribution in [0.1, 0.15) is 39.5 Å².